The van der Waals surface area contributed by atoms with E-state index in [4.69, 9.17) is 15.2 Å². The molecule has 1 aromatic rings. The number of nitrogens with two attached hydrogens (primary N) is 1. The van der Waals surface area contributed by atoms with E-state index in [2.05, 4.69) is 5.32 Å². The van der Waals surface area contributed by atoms with Gasteiger partial charge in [0.2, 0.25) is 0 Å². The van der Waals surface area contributed by atoms with Crippen molar-refractivity contribution in [1.82, 2.24) is 5.32 Å². The molecule has 112 valence electrons. The van der Waals surface area contributed by atoms with Gasteiger partial charge < -0.3 is 20.5 Å². The van der Waals surface area contributed by atoms with Crippen LogP contribution in [0.2, 0.25) is 0 Å². The van der Waals surface area contributed by atoms with Crippen LogP contribution in [0.1, 0.15) is 18.9 Å². The number of hydrogen-bond donors (Lipinski definition) is 2. The standard InChI is InChI=1S/C14H21FN2O3/c1-3-12(14(16)18)20-13-5-4-11(15)8-10(13)9-17-6-7-19-2/h4-5,8,12,17H,3,6-7,9H2,1-2H3,(H2,16,18). The van der Waals surface area contributed by atoms with Crippen molar-refractivity contribution in [2.45, 2.75) is 26.0 Å². The fourth-order valence-electron chi connectivity index (χ4n) is 1.69. The Morgan fingerprint density at radius 1 is 1.50 bits per heavy atom. The molecule has 0 saturated carbocycles. The molecule has 0 spiro atoms. The second-order valence-electron chi connectivity index (χ2n) is 4.34. The van der Waals surface area contributed by atoms with Gasteiger partial charge >= 0.3 is 0 Å². The Kier molecular flexibility index (Phi) is 6.97. The van der Waals surface area contributed by atoms with Crippen LogP contribution >= 0.6 is 0 Å². The molecule has 1 unspecified atom stereocenters. The van der Waals surface area contributed by atoms with E-state index in [1.54, 1.807) is 14.0 Å². The van der Waals surface area contributed by atoms with Gasteiger partial charge in [-0.1, -0.05) is 6.92 Å². The number of carbonyl (C=O) groups is 1. The molecule has 0 aromatic heterocycles. The van der Waals surface area contributed by atoms with Gasteiger partial charge in [0, 0.05) is 25.8 Å². The Hall–Kier alpha value is -1.66. The smallest absolute Gasteiger partial charge is 0.258 e. The van der Waals surface area contributed by atoms with Crippen LogP contribution in [0.25, 0.3) is 0 Å². The van der Waals surface area contributed by atoms with Gasteiger partial charge in [0.15, 0.2) is 6.10 Å². The number of benzene rings is 1. The van der Waals surface area contributed by atoms with Crippen LogP contribution in [0.3, 0.4) is 0 Å². The zero-order chi connectivity index (χ0) is 15.0. The van der Waals surface area contributed by atoms with E-state index in [1.807, 2.05) is 0 Å². The van der Waals surface area contributed by atoms with Crippen LogP contribution in [0.5, 0.6) is 5.75 Å². The average Bonchev–Trinajstić information content (AvgIpc) is 2.42. The first-order chi connectivity index (χ1) is 9.58. The van der Waals surface area contributed by atoms with E-state index in [9.17, 15) is 9.18 Å². The highest BCUT2D eigenvalue weighted by Crippen LogP contribution is 2.21. The lowest BCUT2D eigenvalue weighted by Gasteiger charge is -2.17. The van der Waals surface area contributed by atoms with Gasteiger partial charge in [-0.3, -0.25) is 4.79 Å². The molecule has 3 N–H and O–H groups in total. The molecular weight excluding hydrogens is 263 g/mol. The Morgan fingerprint density at radius 3 is 2.85 bits per heavy atom. The third-order valence-electron chi connectivity index (χ3n) is 2.78. The predicted octanol–water partition coefficient (Wildman–Crippen LogP) is 1.20. The van der Waals surface area contributed by atoms with Gasteiger partial charge in [0.25, 0.3) is 5.91 Å². The van der Waals surface area contributed by atoms with Crippen LogP contribution in [0.15, 0.2) is 18.2 Å². The first kappa shape index (κ1) is 16.4. The minimum absolute atomic E-state index is 0.354. The molecule has 0 aliphatic heterocycles. The molecule has 0 aliphatic carbocycles. The fourth-order valence-corrected chi connectivity index (χ4v) is 1.69. The zero-order valence-electron chi connectivity index (χ0n) is 11.8. The van der Waals surface area contributed by atoms with E-state index in [0.29, 0.717) is 37.4 Å². The van der Waals surface area contributed by atoms with Crippen LogP contribution in [-0.4, -0.2) is 32.3 Å². The van der Waals surface area contributed by atoms with Crippen LogP contribution in [-0.2, 0) is 16.1 Å². The fraction of sp³-hybridized carbons (Fsp3) is 0.500. The number of methoxy groups -OCH3 is 1. The average molecular weight is 284 g/mol. The third-order valence-corrected chi connectivity index (χ3v) is 2.78. The molecule has 0 radical (unpaired) electrons. The molecule has 1 rings (SSSR count). The minimum Gasteiger partial charge on any atom is -0.480 e. The van der Waals surface area contributed by atoms with E-state index >= 15 is 0 Å². The van der Waals surface area contributed by atoms with E-state index in [0.717, 1.165) is 0 Å². The molecule has 0 heterocycles. The first-order valence-corrected chi connectivity index (χ1v) is 6.52. The maximum Gasteiger partial charge on any atom is 0.258 e. The molecule has 0 aliphatic rings. The Balaban J connectivity index is 2.75. The topological polar surface area (TPSA) is 73.6 Å². The Morgan fingerprint density at radius 2 is 2.25 bits per heavy atom. The van der Waals surface area contributed by atoms with Gasteiger partial charge in [-0.05, 0) is 24.6 Å². The Labute approximate surface area is 118 Å². The number of halogens is 1. The number of ether oxygens (including phenoxy) is 2. The number of rotatable bonds is 9. The molecule has 20 heavy (non-hydrogen) atoms. The van der Waals surface area contributed by atoms with Gasteiger partial charge in [-0.2, -0.15) is 0 Å². The molecule has 1 aromatic carbocycles. The number of hydrogen-bond acceptors (Lipinski definition) is 4. The highest BCUT2D eigenvalue weighted by atomic mass is 19.1. The molecule has 6 heteroatoms. The van der Waals surface area contributed by atoms with Crippen molar-refractivity contribution in [2.24, 2.45) is 5.73 Å². The number of carbonyl (C=O) groups excluding carboxylic acids is 1. The monoisotopic (exact) mass is 284 g/mol. The van der Waals surface area contributed by atoms with Crippen molar-refractivity contribution in [3.8, 4) is 5.75 Å². The van der Waals surface area contributed by atoms with Crippen molar-refractivity contribution in [3.63, 3.8) is 0 Å². The summed E-state index contributed by atoms with van der Waals surface area (Å²) in [5.41, 5.74) is 5.88. The summed E-state index contributed by atoms with van der Waals surface area (Å²) in [4.78, 5) is 11.2. The van der Waals surface area contributed by atoms with Gasteiger partial charge in [0.1, 0.15) is 11.6 Å². The largest absolute Gasteiger partial charge is 0.480 e. The zero-order valence-corrected chi connectivity index (χ0v) is 11.8. The van der Waals surface area contributed by atoms with Crippen molar-refractivity contribution in [1.29, 1.82) is 0 Å². The summed E-state index contributed by atoms with van der Waals surface area (Å²) in [5.74, 6) is -0.426. The predicted molar refractivity (Wildman–Crippen MR) is 73.9 cm³/mol. The van der Waals surface area contributed by atoms with Gasteiger partial charge in [0.05, 0.1) is 6.61 Å². The quantitative estimate of drug-likeness (QED) is 0.668. The van der Waals surface area contributed by atoms with Gasteiger partial charge in [-0.15, -0.1) is 0 Å². The minimum atomic E-state index is -0.710. The van der Waals surface area contributed by atoms with Crippen LogP contribution < -0.4 is 15.8 Å². The number of amides is 1. The Bertz CT molecular complexity index is 440. The summed E-state index contributed by atoms with van der Waals surface area (Å²) < 4.78 is 23.8. The highest BCUT2D eigenvalue weighted by molar-refractivity contribution is 5.79. The summed E-state index contributed by atoms with van der Waals surface area (Å²) >= 11 is 0. The summed E-state index contributed by atoms with van der Waals surface area (Å²) in [6.07, 6.45) is -0.248. The van der Waals surface area contributed by atoms with Crippen molar-refractivity contribution in [3.05, 3.63) is 29.6 Å². The second kappa shape index (κ2) is 8.50. The van der Waals surface area contributed by atoms with E-state index < -0.39 is 12.0 Å². The van der Waals surface area contributed by atoms with E-state index in [1.165, 1.54) is 18.2 Å². The molecule has 0 fully saturated rings. The highest BCUT2D eigenvalue weighted by Gasteiger charge is 2.16. The van der Waals surface area contributed by atoms with Crippen LogP contribution in [0, 0.1) is 5.82 Å². The van der Waals surface area contributed by atoms with E-state index in [-0.39, 0.29) is 5.82 Å². The first-order valence-electron chi connectivity index (χ1n) is 6.52. The number of primary amides is 1. The molecule has 0 bridgehead atoms. The molecule has 0 saturated heterocycles. The summed E-state index contributed by atoms with van der Waals surface area (Å²) in [7, 11) is 1.61. The molecule has 1 amide bonds. The lowest BCUT2D eigenvalue weighted by Crippen LogP contribution is -2.33. The third kappa shape index (κ3) is 5.14. The molecule has 5 nitrogen and oxygen atoms in total. The van der Waals surface area contributed by atoms with Crippen molar-refractivity contribution < 1.29 is 18.7 Å². The van der Waals surface area contributed by atoms with Gasteiger partial charge in [-0.25, -0.2) is 4.39 Å². The summed E-state index contributed by atoms with van der Waals surface area (Å²) in [6, 6.07) is 4.18. The van der Waals surface area contributed by atoms with Crippen molar-refractivity contribution >= 4 is 5.91 Å². The molecular formula is C14H21FN2O3. The second-order valence-corrected chi connectivity index (χ2v) is 4.34. The lowest BCUT2D eigenvalue weighted by molar-refractivity contribution is -0.124. The van der Waals surface area contributed by atoms with Crippen LogP contribution in [0.4, 0.5) is 4.39 Å². The number of nitrogens with one attached hydrogen (secondary N) is 1. The lowest BCUT2D eigenvalue weighted by atomic mass is 10.2. The maximum atomic E-state index is 13.3. The summed E-state index contributed by atoms with van der Waals surface area (Å²) in [5, 5.41) is 3.10. The maximum absolute atomic E-state index is 13.3. The normalized spacial score (nSPS) is 12.2. The van der Waals surface area contributed by atoms with Crippen molar-refractivity contribution in [2.75, 3.05) is 20.3 Å². The SMILES string of the molecule is CCC(Oc1ccc(F)cc1CNCCOC)C(N)=O. The molecule has 1 atom stereocenters. The summed E-state index contributed by atoms with van der Waals surface area (Å²) in [6.45, 7) is 3.42.